The zero-order valence-corrected chi connectivity index (χ0v) is 12.6. The van der Waals surface area contributed by atoms with Gasteiger partial charge in [0.05, 0.1) is 7.11 Å². The van der Waals surface area contributed by atoms with E-state index in [9.17, 15) is 22.7 Å². The molecule has 122 valence electrons. The van der Waals surface area contributed by atoms with Crippen LogP contribution in [0.1, 0.15) is 32.3 Å². The molecule has 1 rings (SSSR count). The van der Waals surface area contributed by atoms with Gasteiger partial charge in [0, 0.05) is 12.0 Å². The van der Waals surface area contributed by atoms with Crippen molar-refractivity contribution >= 4 is 0 Å². The van der Waals surface area contributed by atoms with Crippen LogP contribution in [-0.4, -0.2) is 24.0 Å². The summed E-state index contributed by atoms with van der Waals surface area (Å²) in [6, 6.07) is 3.58. The lowest BCUT2D eigenvalue weighted by Gasteiger charge is -2.37. The number of ether oxygens (including phenoxy) is 1. The van der Waals surface area contributed by atoms with Crippen molar-refractivity contribution in [3.8, 4) is 18.1 Å². The van der Waals surface area contributed by atoms with Crippen LogP contribution in [0, 0.1) is 18.2 Å². The van der Waals surface area contributed by atoms with Gasteiger partial charge in [0.15, 0.2) is 5.60 Å². The number of hydrogen-bond acceptors (Lipinski definition) is 2. The fourth-order valence-electron chi connectivity index (χ4n) is 2.47. The first-order valence-electron chi connectivity index (χ1n) is 6.53. The molecule has 1 aromatic rings. The fourth-order valence-corrected chi connectivity index (χ4v) is 2.47. The Labute approximate surface area is 127 Å². The molecule has 2 nitrogen and oxygen atoms in total. The van der Waals surface area contributed by atoms with Crippen LogP contribution in [0.5, 0.6) is 5.75 Å². The SMILES string of the molecule is C#CCC(O)(CC(C)(C)c1cc(F)ccc1OC)C(F)(F)F. The maximum Gasteiger partial charge on any atom is 0.418 e. The lowest BCUT2D eigenvalue weighted by Crippen LogP contribution is -2.49. The Bertz CT molecular complexity index is 572. The molecule has 0 spiro atoms. The maximum absolute atomic E-state index is 13.5. The first kappa shape index (κ1) is 18.3. The van der Waals surface area contributed by atoms with Crippen molar-refractivity contribution in [2.45, 2.75) is 43.9 Å². The molecule has 0 aliphatic carbocycles. The fraction of sp³-hybridized carbons (Fsp3) is 0.500. The van der Waals surface area contributed by atoms with Crippen LogP contribution in [0.4, 0.5) is 17.6 Å². The molecule has 0 saturated carbocycles. The van der Waals surface area contributed by atoms with Crippen molar-refractivity contribution in [3.63, 3.8) is 0 Å². The van der Waals surface area contributed by atoms with Crippen molar-refractivity contribution in [2.24, 2.45) is 0 Å². The zero-order chi connectivity index (χ0) is 17.2. The lowest BCUT2D eigenvalue weighted by molar-refractivity contribution is -0.264. The molecule has 0 amide bonds. The molecule has 0 saturated heterocycles. The van der Waals surface area contributed by atoms with Gasteiger partial charge in [0.1, 0.15) is 11.6 Å². The van der Waals surface area contributed by atoms with E-state index in [0.717, 1.165) is 12.1 Å². The molecular formula is C16H18F4O2. The van der Waals surface area contributed by atoms with E-state index in [1.165, 1.54) is 27.0 Å². The van der Waals surface area contributed by atoms with E-state index < -0.39 is 35.9 Å². The molecule has 0 bridgehead atoms. The topological polar surface area (TPSA) is 29.5 Å². The summed E-state index contributed by atoms with van der Waals surface area (Å²) in [5.41, 5.74) is -4.04. The number of alkyl halides is 3. The van der Waals surface area contributed by atoms with Gasteiger partial charge in [-0.05, 0) is 30.0 Å². The average Bonchev–Trinajstić information content (AvgIpc) is 2.37. The van der Waals surface area contributed by atoms with Crippen molar-refractivity contribution in [1.29, 1.82) is 0 Å². The highest BCUT2D eigenvalue weighted by Gasteiger charge is 2.55. The number of methoxy groups -OCH3 is 1. The average molecular weight is 318 g/mol. The number of aliphatic hydroxyl groups is 1. The molecule has 0 aliphatic heterocycles. The molecule has 1 unspecified atom stereocenters. The molecule has 1 atom stereocenters. The zero-order valence-electron chi connectivity index (χ0n) is 12.6. The highest BCUT2D eigenvalue weighted by molar-refractivity contribution is 5.39. The Morgan fingerprint density at radius 1 is 1.27 bits per heavy atom. The van der Waals surface area contributed by atoms with Gasteiger partial charge in [-0.3, -0.25) is 0 Å². The smallest absolute Gasteiger partial charge is 0.418 e. The standard InChI is InChI=1S/C16H18F4O2/c1-5-8-15(21,16(18,19)20)10-14(2,3)12-9-11(17)6-7-13(12)22-4/h1,6-7,9,21H,8,10H2,2-4H3. The van der Waals surface area contributed by atoms with Crippen LogP contribution in [-0.2, 0) is 5.41 Å². The predicted molar refractivity (Wildman–Crippen MR) is 75.0 cm³/mol. The van der Waals surface area contributed by atoms with Gasteiger partial charge >= 0.3 is 6.18 Å². The molecule has 0 radical (unpaired) electrons. The minimum Gasteiger partial charge on any atom is -0.496 e. The Morgan fingerprint density at radius 2 is 1.86 bits per heavy atom. The summed E-state index contributed by atoms with van der Waals surface area (Å²) < 4.78 is 58.0. The second kappa shape index (κ2) is 6.17. The molecule has 22 heavy (non-hydrogen) atoms. The van der Waals surface area contributed by atoms with Crippen molar-refractivity contribution in [3.05, 3.63) is 29.6 Å². The summed E-state index contributed by atoms with van der Waals surface area (Å²) in [5, 5.41) is 9.98. The molecule has 1 N–H and O–H groups in total. The number of terminal acetylenes is 1. The molecule has 0 heterocycles. The first-order valence-corrected chi connectivity index (χ1v) is 6.53. The predicted octanol–water partition coefficient (Wildman–Crippen LogP) is 3.82. The summed E-state index contributed by atoms with van der Waals surface area (Å²) in [6.07, 6.45) is -1.53. The minimum atomic E-state index is -4.89. The van der Waals surface area contributed by atoms with Crippen LogP contribution in [0.2, 0.25) is 0 Å². The Kier molecular flexibility index (Phi) is 5.14. The summed E-state index contributed by atoms with van der Waals surface area (Å²) in [5.74, 6) is 1.50. The molecule has 0 aliphatic rings. The van der Waals surface area contributed by atoms with E-state index in [0.29, 0.717) is 0 Å². The molecule has 0 fully saturated rings. The Morgan fingerprint density at radius 3 is 2.32 bits per heavy atom. The van der Waals surface area contributed by atoms with Gasteiger partial charge < -0.3 is 9.84 Å². The van der Waals surface area contributed by atoms with E-state index in [4.69, 9.17) is 11.2 Å². The quantitative estimate of drug-likeness (QED) is 0.661. The number of rotatable bonds is 5. The van der Waals surface area contributed by atoms with Gasteiger partial charge in [-0.2, -0.15) is 13.2 Å². The van der Waals surface area contributed by atoms with Crippen LogP contribution in [0.3, 0.4) is 0 Å². The Hall–Kier alpha value is -1.74. The van der Waals surface area contributed by atoms with Gasteiger partial charge in [-0.25, -0.2) is 4.39 Å². The third kappa shape index (κ3) is 3.72. The minimum absolute atomic E-state index is 0.231. The normalized spacial score (nSPS) is 15.0. The van der Waals surface area contributed by atoms with Gasteiger partial charge in [-0.1, -0.05) is 13.8 Å². The van der Waals surface area contributed by atoms with E-state index in [1.54, 1.807) is 0 Å². The number of benzene rings is 1. The number of hydrogen-bond donors (Lipinski definition) is 1. The van der Waals surface area contributed by atoms with E-state index >= 15 is 0 Å². The van der Waals surface area contributed by atoms with E-state index in [2.05, 4.69) is 0 Å². The second-order valence-electron chi connectivity index (χ2n) is 5.82. The third-order valence-electron chi connectivity index (χ3n) is 3.55. The molecule has 1 aromatic carbocycles. The van der Waals surface area contributed by atoms with Crippen LogP contribution < -0.4 is 4.74 Å². The van der Waals surface area contributed by atoms with E-state index in [1.807, 2.05) is 5.92 Å². The van der Waals surface area contributed by atoms with Gasteiger partial charge in [0.2, 0.25) is 0 Å². The van der Waals surface area contributed by atoms with Crippen molar-refractivity contribution in [2.75, 3.05) is 7.11 Å². The third-order valence-corrected chi connectivity index (χ3v) is 3.55. The van der Waals surface area contributed by atoms with E-state index in [-0.39, 0.29) is 11.3 Å². The van der Waals surface area contributed by atoms with Crippen LogP contribution in [0.25, 0.3) is 0 Å². The largest absolute Gasteiger partial charge is 0.496 e. The monoisotopic (exact) mass is 318 g/mol. The van der Waals surface area contributed by atoms with Gasteiger partial charge in [-0.15, -0.1) is 12.3 Å². The van der Waals surface area contributed by atoms with Crippen LogP contribution >= 0.6 is 0 Å². The molecular weight excluding hydrogens is 300 g/mol. The van der Waals surface area contributed by atoms with Crippen LogP contribution in [0.15, 0.2) is 18.2 Å². The maximum atomic E-state index is 13.5. The summed E-state index contributed by atoms with van der Waals surface area (Å²) in [6.45, 7) is 2.94. The first-order chi connectivity index (χ1) is 9.97. The Balaban J connectivity index is 3.30. The summed E-state index contributed by atoms with van der Waals surface area (Å²) >= 11 is 0. The van der Waals surface area contributed by atoms with Gasteiger partial charge in [0.25, 0.3) is 0 Å². The molecule has 6 heteroatoms. The summed E-state index contributed by atoms with van der Waals surface area (Å²) in [7, 11) is 1.34. The molecule has 0 aromatic heterocycles. The highest BCUT2D eigenvalue weighted by Crippen LogP contribution is 2.44. The number of halogens is 4. The van der Waals surface area contributed by atoms with Crippen molar-refractivity contribution < 1.29 is 27.4 Å². The van der Waals surface area contributed by atoms with Crippen molar-refractivity contribution in [1.82, 2.24) is 0 Å². The summed E-state index contributed by atoms with van der Waals surface area (Å²) in [4.78, 5) is 0. The lowest BCUT2D eigenvalue weighted by atomic mass is 9.73. The second-order valence-corrected chi connectivity index (χ2v) is 5.82. The highest BCUT2D eigenvalue weighted by atomic mass is 19.4.